The Morgan fingerprint density at radius 1 is 1.44 bits per heavy atom. The van der Waals surface area contributed by atoms with E-state index in [1.807, 2.05) is 0 Å². The molecule has 18 heavy (non-hydrogen) atoms. The molecule has 8 heteroatoms. The number of anilines is 1. The highest BCUT2D eigenvalue weighted by molar-refractivity contribution is 9.10. The van der Waals surface area contributed by atoms with Crippen LogP contribution in [0.3, 0.4) is 0 Å². The number of carbonyl (C=O) groups is 1. The molecule has 0 spiro atoms. The average Bonchev–Trinajstić information content (AvgIpc) is 2.17. The quantitative estimate of drug-likeness (QED) is 0.831. The predicted molar refractivity (Wildman–Crippen MR) is 69.2 cm³/mol. The van der Waals surface area contributed by atoms with Gasteiger partial charge in [-0.05, 0) is 18.2 Å². The largest absolute Gasteiger partial charge is 0.417 e. The molecule has 0 atom stereocenters. The Kier molecular flexibility index (Phi) is 4.69. The lowest BCUT2D eigenvalue weighted by atomic mass is 10.2. The zero-order chi connectivity index (χ0) is 13.9. The fourth-order valence-corrected chi connectivity index (χ4v) is 1.79. The molecule has 98 valence electrons. The standard InChI is InChI=1S/C10H8BrF3N2OS/c11-7-2-1-5(3-6(7)10(12,13)14)16-9(17)4-8(15)18/h1-3H,4H2,(H2,15,18)(H,16,17). The summed E-state index contributed by atoms with van der Waals surface area (Å²) in [5.74, 6) is -0.557. The van der Waals surface area contributed by atoms with Crippen LogP contribution in [0, 0.1) is 0 Å². The summed E-state index contributed by atoms with van der Waals surface area (Å²) in [6, 6.07) is 3.39. The Hall–Kier alpha value is -1.15. The molecule has 0 bridgehead atoms. The minimum Gasteiger partial charge on any atom is -0.393 e. The monoisotopic (exact) mass is 340 g/mol. The first-order valence-electron chi connectivity index (χ1n) is 4.65. The maximum Gasteiger partial charge on any atom is 0.417 e. The third-order valence-corrected chi connectivity index (χ3v) is 2.73. The summed E-state index contributed by atoms with van der Waals surface area (Å²) in [5, 5.41) is 2.29. The van der Waals surface area contributed by atoms with Crippen LogP contribution in [0.15, 0.2) is 22.7 Å². The van der Waals surface area contributed by atoms with E-state index in [-0.39, 0.29) is 21.6 Å². The Morgan fingerprint density at radius 2 is 2.06 bits per heavy atom. The van der Waals surface area contributed by atoms with Crippen LogP contribution < -0.4 is 11.1 Å². The van der Waals surface area contributed by atoms with Crippen molar-refractivity contribution >= 4 is 44.7 Å². The lowest BCUT2D eigenvalue weighted by Crippen LogP contribution is -2.20. The van der Waals surface area contributed by atoms with E-state index in [2.05, 4.69) is 33.5 Å². The Bertz CT molecular complexity index is 491. The van der Waals surface area contributed by atoms with Gasteiger partial charge in [0.2, 0.25) is 5.91 Å². The summed E-state index contributed by atoms with van der Waals surface area (Å²) in [5.41, 5.74) is 4.32. The Balaban J connectivity index is 2.92. The second-order valence-corrected chi connectivity index (χ2v) is 4.76. The van der Waals surface area contributed by atoms with Crippen molar-refractivity contribution in [1.29, 1.82) is 0 Å². The number of nitrogens with two attached hydrogens (primary N) is 1. The molecule has 0 heterocycles. The lowest BCUT2D eigenvalue weighted by molar-refractivity contribution is -0.138. The van der Waals surface area contributed by atoms with Crippen LogP contribution in [-0.2, 0) is 11.0 Å². The summed E-state index contributed by atoms with van der Waals surface area (Å²) in [4.78, 5) is 11.3. The van der Waals surface area contributed by atoms with E-state index >= 15 is 0 Å². The first-order chi connectivity index (χ1) is 8.20. The molecule has 0 aliphatic heterocycles. The second kappa shape index (κ2) is 5.66. The van der Waals surface area contributed by atoms with Crippen molar-refractivity contribution in [2.24, 2.45) is 5.73 Å². The van der Waals surface area contributed by atoms with Crippen LogP contribution in [0.4, 0.5) is 18.9 Å². The van der Waals surface area contributed by atoms with Crippen molar-refractivity contribution in [1.82, 2.24) is 0 Å². The number of hydrogen-bond acceptors (Lipinski definition) is 2. The molecule has 1 amide bonds. The highest BCUT2D eigenvalue weighted by Gasteiger charge is 2.33. The van der Waals surface area contributed by atoms with Crippen molar-refractivity contribution in [3.8, 4) is 0 Å². The topological polar surface area (TPSA) is 55.1 Å². The molecule has 1 aromatic rings. The van der Waals surface area contributed by atoms with Crippen LogP contribution in [0.25, 0.3) is 0 Å². The molecule has 0 unspecified atom stereocenters. The summed E-state index contributed by atoms with van der Waals surface area (Å²) in [6.45, 7) is 0. The first-order valence-corrected chi connectivity index (χ1v) is 5.85. The highest BCUT2D eigenvalue weighted by atomic mass is 79.9. The van der Waals surface area contributed by atoms with Gasteiger partial charge in [-0.2, -0.15) is 13.2 Å². The Morgan fingerprint density at radius 3 is 2.56 bits per heavy atom. The van der Waals surface area contributed by atoms with Gasteiger partial charge in [0.25, 0.3) is 0 Å². The maximum atomic E-state index is 12.6. The summed E-state index contributed by atoms with van der Waals surface area (Å²) < 4.78 is 37.7. The van der Waals surface area contributed by atoms with Crippen LogP contribution in [0.2, 0.25) is 0 Å². The molecule has 0 saturated heterocycles. The molecule has 0 saturated carbocycles. The van der Waals surface area contributed by atoms with Gasteiger partial charge in [0.05, 0.1) is 17.0 Å². The number of carbonyl (C=O) groups excluding carboxylic acids is 1. The van der Waals surface area contributed by atoms with E-state index in [9.17, 15) is 18.0 Å². The average molecular weight is 341 g/mol. The molecule has 0 aromatic heterocycles. The lowest BCUT2D eigenvalue weighted by Gasteiger charge is -2.11. The molecule has 3 N–H and O–H groups in total. The van der Waals surface area contributed by atoms with E-state index in [1.54, 1.807) is 0 Å². The zero-order valence-corrected chi connectivity index (χ0v) is 11.2. The van der Waals surface area contributed by atoms with Gasteiger partial charge < -0.3 is 11.1 Å². The third-order valence-electron chi connectivity index (χ3n) is 1.89. The number of alkyl halides is 3. The minimum absolute atomic E-state index is 0.0272. The molecule has 1 rings (SSSR count). The molecule has 1 aromatic carbocycles. The zero-order valence-electron chi connectivity index (χ0n) is 8.84. The number of rotatable bonds is 3. The smallest absolute Gasteiger partial charge is 0.393 e. The predicted octanol–water partition coefficient (Wildman–Crippen LogP) is 3.08. The SMILES string of the molecule is NC(=S)CC(=O)Nc1ccc(Br)c(C(F)(F)F)c1. The van der Waals surface area contributed by atoms with Gasteiger partial charge in [-0.3, -0.25) is 4.79 Å². The molecule has 0 radical (unpaired) electrons. The fraction of sp³-hybridized carbons (Fsp3) is 0.200. The van der Waals surface area contributed by atoms with Crippen molar-refractivity contribution in [3.63, 3.8) is 0 Å². The normalized spacial score (nSPS) is 11.1. The van der Waals surface area contributed by atoms with Gasteiger partial charge in [-0.1, -0.05) is 28.1 Å². The molecule has 3 nitrogen and oxygen atoms in total. The van der Waals surface area contributed by atoms with Crippen LogP contribution in [0.1, 0.15) is 12.0 Å². The van der Waals surface area contributed by atoms with Gasteiger partial charge in [0.1, 0.15) is 0 Å². The van der Waals surface area contributed by atoms with E-state index in [4.69, 9.17) is 5.73 Å². The minimum atomic E-state index is -4.50. The second-order valence-electron chi connectivity index (χ2n) is 3.38. The van der Waals surface area contributed by atoms with Gasteiger partial charge >= 0.3 is 6.18 Å². The summed E-state index contributed by atoms with van der Waals surface area (Å²) in [7, 11) is 0. The van der Waals surface area contributed by atoms with Gasteiger partial charge in [-0.25, -0.2) is 0 Å². The maximum absolute atomic E-state index is 12.6. The molecular weight excluding hydrogens is 333 g/mol. The van der Waals surface area contributed by atoms with Crippen LogP contribution in [-0.4, -0.2) is 10.9 Å². The molecule has 0 fully saturated rings. The van der Waals surface area contributed by atoms with Crippen molar-refractivity contribution in [2.75, 3.05) is 5.32 Å². The number of nitrogens with one attached hydrogen (secondary N) is 1. The molecule has 0 aliphatic carbocycles. The van der Waals surface area contributed by atoms with Gasteiger partial charge in [0, 0.05) is 10.2 Å². The van der Waals surface area contributed by atoms with E-state index in [0.29, 0.717) is 0 Å². The van der Waals surface area contributed by atoms with Crippen molar-refractivity contribution < 1.29 is 18.0 Å². The van der Waals surface area contributed by atoms with E-state index < -0.39 is 17.6 Å². The summed E-state index contributed by atoms with van der Waals surface area (Å²) in [6.07, 6.45) is -4.71. The number of benzene rings is 1. The summed E-state index contributed by atoms with van der Waals surface area (Å²) >= 11 is 7.32. The van der Waals surface area contributed by atoms with Crippen molar-refractivity contribution in [2.45, 2.75) is 12.6 Å². The van der Waals surface area contributed by atoms with Gasteiger partial charge in [-0.15, -0.1) is 0 Å². The van der Waals surface area contributed by atoms with Crippen LogP contribution >= 0.6 is 28.1 Å². The van der Waals surface area contributed by atoms with E-state index in [0.717, 1.165) is 6.07 Å². The van der Waals surface area contributed by atoms with Crippen molar-refractivity contribution in [3.05, 3.63) is 28.2 Å². The number of thiocarbonyl (C=S) groups is 1. The van der Waals surface area contributed by atoms with E-state index in [1.165, 1.54) is 12.1 Å². The fourth-order valence-electron chi connectivity index (χ4n) is 1.18. The molecular formula is C10H8BrF3N2OS. The number of amides is 1. The molecule has 0 aliphatic rings. The number of hydrogen-bond donors (Lipinski definition) is 2. The van der Waals surface area contributed by atoms with Crippen LogP contribution in [0.5, 0.6) is 0 Å². The first kappa shape index (κ1) is 14.9. The highest BCUT2D eigenvalue weighted by Crippen LogP contribution is 2.36. The van der Waals surface area contributed by atoms with Gasteiger partial charge in [0.15, 0.2) is 0 Å². The number of halogens is 4. The Labute approximate surface area is 115 Å². The third kappa shape index (κ3) is 4.26.